The van der Waals surface area contributed by atoms with Crippen molar-refractivity contribution in [3.63, 3.8) is 0 Å². The van der Waals surface area contributed by atoms with Crippen LogP contribution in [0, 0.1) is 10.1 Å². The van der Waals surface area contributed by atoms with Crippen LogP contribution in [-0.2, 0) is 0 Å². The first-order chi connectivity index (χ1) is 7.20. The van der Waals surface area contributed by atoms with E-state index in [-0.39, 0.29) is 4.92 Å². The Labute approximate surface area is 100 Å². The van der Waals surface area contributed by atoms with Gasteiger partial charge < -0.3 is 0 Å². The molecule has 0 spiro atoms. The van der Waals surface area contributed by atoms with Crippen LogP contribution < -0.4 is 0 Å². The van der Waals surface area contributed by atoms with Gasteiger partial charge in [0.1, 0.15) is 4.24 Å². The van der Waals surface area contributed by atoms with Crippen molar-refractivity contribution in [1.29, 1.82) is 0 Å². The van der Waals surface area contributed by atoms with Gasteiger partial charge in [-0.3, -0.25) is 10.1 Å². The molecule has 3 nitrogen and oxygen atoms in total. The molecule has 0 aromatic rings. The Balaban J connectivity index is 3.90. The van der Waals surface area contributed by atoms with Crippen LogP contribution in [0.4, 0.5) is 0 Å². The zero-order valence-corrected chi connectivity index (χ0v) is 11.0. The maximum absolute atomic E-state index is 10.4. The van der Waals surface area contributed by atoms with Crippen LogP contribution in [-0.4, -0.2) is 16.4 Å². The lowest BCUT2D eigenvalue weighted by Gasteiger charge is -2.02. The SMILES string of the molecule is CCCCSC(=C[N+](=O)[O-])SCCCC. The van der Waals surface area contributed by atoms with Gasteiger partial charge in [0, 0.05) is 0 Å². The number of unbranched alkanes of at least 4 members (excludes halogenated alkanes) is 2. The summed E-state index contributed by atoms with van der Waals surface area (Å²) in [5, 5.41) is 10.4. The molecular formula is C10H19NO2S2. The topological polar surface area (TPSA) is 43.1 Å². The molecule has 0 amide bonds. The number of rotatable bonds is 9. The second kappa shape index (κ2) is 10.4. The standard InChI is InChI=1S/C10H19NO2S2/c1-3-5-7-14-10(9-11(12)13)15-8-6-4-2/h9H,3-8H2,1-2H3. The summed E-state index contributed by atoms with van der Waals surface area (Å²) in [5.74, 6) is 1.96. The van der Waals surface area contributed by atoms with Crippen LogP contribution in [0.2, 0.25) is 0 Å². The summed E-state index contributed by atoms with van der Waals surface area (Å²) < 4.78 is 0.849. The maximum Gasteiger partial charge on any atom is 0.254 e. The smallest absolute Gasteiger partial charge is 0.254 e. The van der Waals surface area contributed by atoms with Crippen LogP contribution in [0.3, 0.4) is 0 Å². The lowest BCUT2D eigenvalue weighted by Crippen LogP contribution is -1.88. The molecule has 0 unspecified atom stereocenters. The molecular weight excluding hydrogens is 230 g/mol. The van der Waals surface area contributed by atoms with E-state index in [4.69, 9.17) is 0 Å². The largest absolute Gasteiger partial charge is 0.259 e. The molecule has 0 heterocycles. The third-order valence-corrected chi connectivity index (χ3v) is 4.17. The molecule has 5 heteroatoms. The van der Waals surface area contributed by atoms with E-state index in [1.807, 2.05) is 0 Å². The van der Waals surface area contributed by atoms with Crippen molar-refractivity contribution in [2.75, 3.05) is 11.5 Å². The Morgan fingerprint density at radius 3 is 2.00 bits per heavy atom. The van der Waals surface area contributed by atoms with E-state index in [2.05, 4.69) is 13.8 Å². The molecule has 88 valence electrons. The third kappa shape index (κ3) is 10.1. The molecule has 0 N–H and O–H groups in total. The Hall–Kier alpha value is -0.160. The van der Waals surface area contributed by atoms with Gasteiger partial charge in [-0.05, 0) is 24.3 Å². The number of thioether (sulfide) groups is 2. The molecule has 0 aromatic carbocycles. The maximum atomic E-state index is 10.4. The molecule has 0 saturated carbocycles. The fourth-order valence-electron chi connectivity index (χ4n) is 0.836. The van der Waals surface area contributed by atoms with Crippen LogP contribution in [0.25, 0.3) is 0 Å². The van der Waals surface area contributed by atoms with E-state index in [0.717, 1.165) is 47.6 Å². The summed E-state index contributed by atoms with van der Waals surface area (Å²) in [6, 6.07) is 0. The van der Waals surface area contributed by atoms with E-state index in [1.54, 1.807) is 23.5 Å². The van der Waals surface area contributed by atoms with Crippen LogP contribution in [0.15, 0.2) is 10.4 Å². The van der Waals surface area contributed by atoms with Crippen LogP contribution in [0.1, 0.15) is 39.5 Å². The summed E-state index contributed by atoms with van der Waals surface area (Å²) in [7, 11) is 0. The van der Waals surface area contributed by atoms with Crippen molar-refractivity contribution in [2.45, 2.75) is 39.5 Å². The van der Waals surface area contributed by atoms with Crippen molar-refractivity contribution >= 4 is 23.5 Å². The molecule has 0 bridgehead atoms. The second-order valence-electron chi connectivity index (χ2n) is 3.14. The van der Waals surface area contributed by atoms with Crippen molar-refractivity contribution in [1.82, 2.24) is 0 Å². The highest BCUT2D eigenvalue weighted by atomic mass is 32.2. The predicted molar refractivity (Wildman–Crippen MR) is 69.8 cm³/mol. The summed E-state index contributed by atoms with van der Waals surface area (Å²) in [4.78, 5) is 10.0. The minimum Gasteiger partial charge on any atom is -0.259 e. The normalized spacial score (nSPS) is 10.0. The average molecular weight is 249 g/mol. The highest BCUT2D eigenvalue weighted by molar-refractivity contribution is 8.22. The molecule has 0 aliphatic heterocycles. The van der Waals surface area contributed by atoms with E-state index < -0.39 is 0 Å². The predicted octanol–water partition coefficient (Wildman–Crippen LogP) is 4.13. The molecule has 0 fully saturated rings. The van der Waals surface area contributed by atoms with Gasteiger partial charge in [-0.15, -0.1) is 23.5 Å². The first kappa shape index (κ1) is 14.8. The van der Waals surface area contributed by atoms with Gasteiger partial charge in [-0.25, -0.2) is 0 Å². The lowest BCUT2D eigenvalue weighted by molar-refractivity contribution is -0.402. The average Bonchev–Trinajstić information content (AvgIpc) is 2.17. The fourth-order valence-corrected chi connectivity index (χ4v) is 3.26. The summed E-state index contributed by atoms with van der Waals surface area (Å²) in [6.45, 7) is 4.25. The zero-order chi connectivity index (χ0) is 11.5. The van der Waals surface area contributed by atoms with Gasteiger partial charge in [-0.1, -0.05) is 26.7 Å². The van der Waals surface area contributed by atoms with Crippen molar-refractivity contribution in [3.8, 4) is 0 Å². The van der Waals surface area contributed by atoms with Crippen LogP contribution in [0.5, 0.6) is 0 Å². The number of nitrogens with zero attached hydrogens (tertiary/aromatic N) is 1. The minimum absolute atomic E-state index is 0.354. The number of hydrogen-bond acceptors (Lipinski definition) is 4. The quantitative estimate of drug-likeness (QED) is 0.350. The Bertz CT molecular complexity index is 196. The van der Waals surface area contributed by atoms with Gasteiger partial charge in [0.25, 0.3) is 6.20 Å². The van der Waals surface area contributed by atoms with E-state index >= 15 is 0 Å². The second-order valence-corrected chi connectivity index (χ2v) is 5.67. The van der Waals surface area contributed by atoms with Gasteiger partial charge in [0.05, 0.1) is 4.92 Å². The number of nitro groups is 1. The Morgan fingerprint density at radius 2 is 1.67 bits per heavy atom. The van der Waals surface area contributed by atoms with Crippen molar-refractivity contribution < 1.29 is 4.92 Å². The third-order valence-electron chi connectivity index (χ3n) is 1.70. The van der Waals surface area contributed by atoms with E-state index in [1.165, 1.54) is 0 Å². The van der Waals surface area contributed by atoms with Crippen molar-refractivity contribution in [3.05, 3.63) is 20.6 Å². The van der Waals surface area contributed by atoms with Crippen LogP contribution >= 0.6 is 23.5 Å². The summed E-state index contributed by atoms with van der Waals surface area (Å²) in [5.41, 5.74) is 0. The van der Waals surface area contributed by atoms with Crippen molar-refractivity contribution in [2.24, 2.45) is 0 Å². The van der Waals surface area contributed by atoms with Gasteiger partial charge in [-0.2, -0.15) is 0 Å². The summed E-state index contributed by atoms with van der Waals surface area (Å²) in [6.07, 6.45) is 5.65. The monoisotopic (exact) mass is 249 g/mol. The first-order valence-corrected chi connectivity index (χ1v) is 7.28. The molecule has 0 radical (unpaired) electrons. The van der Waals surface area contributed by atoms with Gasteiger partial charge in [0.15, 0.2) is 0 Å². The molecule has 0 atom stereocenters. The minimum atomic E-state index is -0.354. The molecule has 0 aromatic heterocycles. The highest BCUT2D eigenvalue weighted by Crippen LogP contribution is 2.29. The van der Waals surface area contributed by atoms with E-state index in [0.29, 0.717) is 0 Å². The molecule has 0 saturated heterocycles. The zero-order valence-electron chi connectivity index (χ0n) is 9.40. The fraction of sp³-hybridized carbons (Fsp3) is 0.800. The summed E-state index contributed by atoms with van der Waals surface area (Å²) >= 11 is 3.21. The van der Waals surface area contributed by atoms with Gasteiger partial charge in [0.2, 0.25) is 0 Å². The molecule has 0 aliphatic rings. The lowest BCUT2D eigenvalue weighted by atomic mass is 10.4. The highest BCUT2D eigenvalue weighted by Gasteiger charge is 2.04. The molecule has 0 rings (SSSR count). The van der Waals surface area contributed by atoms with Gasteiger partial charge >= 0.3 is 0 Å². The van der Waals surface area contributed by atoms with E-state index in [9.17, 15) is 10.1 Å². The first-order valence-electron chi connectivity index (χ1n) is 5.31. The Kier molecular flexibility index (Phi) is 10.3. The molecule has 0 aliphatic carbocycles. The number of hydrogen-bond donors (Lipinski definition) is 0. The Morgan fingerprint density at radius 1 is 1.20 bits per heavy atom. The molecule has 15 heavy (non-hydrogen) atoms.